The van der Waals surface area contributed by atoms with Crippen molar-refractivity contribution in [2.45, 2.75) is 0 Å². The number of carbonyl (C=O) groups excluding carboxylic acids is 1. The van der Waals surface area contributed by atoms with E-state index in [0.717, 1.165) is 27.7 Å². The van der Waals surface area contributed by atoms with Crippen LogP contribution in [0.25, 0.3) is 22.0 Å². The number of nitrogens with one attached hydrogen (secondary N) is 2. The second-order valence-electron chi connectivity index (χ2n) is 6.02. The van der Waals surface area contributed by atoms with Gasteiger partial charge in [0.25, 0.3) is 0 Å². The molecule has 0 radical (unpaired) electrons. The Morgan fingerprint density at radius 1 is 0.969 bits per heavy atom. The summed E-state index contributed by atoms with van der Waals surface area (Å²) in [5.41, 5.74) is 3.97. The molecular weight excluding hydrogens is 452 g/mol. The fraction of sp³-hybridized carbons (Fsp3) is 0.0435. The zero-order valence-corrected chi connectivity index (χ0v) is 18.5. The first kappa shape index (κ1) is 24.5. The van der Waals surface area contributed by atoms with Crippen LogP contribution in [0.5, 0.6) is 0 Å². The van der Waals surface area contributed by atoms with E-state index < -0.39 is 5.82 Å². The third kappa shape index (κ3) is 5.49. The predicted octanol–water partition coefficient (Wildman–Crippen LogP) is 5.99. The molecule has 0 saturated carbocycles. The van der Waals surface area contributed by atoms with Crippen LogP contribution in [-0.2, 0) is 4.79 Å². The van der Waals surface area contributed by atoms with Crippen LogP contribution in [0.4, 0.5) is 21.6 Å². The molecule has 0 saturated heterocycles. The van der Waals surface area contributed by atoms with Gasteiger partial charge in [-0.05, 0) is 42.0 Å². The molecule has 2 aromatic carbocycles. The quantitative estimate of drug-likeness (QED) is 0.282. The Hall–Kier alpha value is -3.73. The maximum Gasteiger partial charge on any atom is 0.152 e. The van der Waals surface area contributed by atoms with Crippen LogP contribution in [0.2, 0.25) is 10.2 Å². The number of hydrogen-bond acceptors (Lipinski definition) is 6. The zero-order chi connectivity index (χ0) is 23.7. The number of fused-ring (bicyclic) bond motifs is 1. The molecule has 162 valence electrons. The fourth-order valence-electron chi connectivity index (χ4n) is 2.83. The smallest absolute Gasteiger partial charge is 0.152 e. The van der Waals surface area contributed by atoms with Crippen LogP contribution in [0.1, 0.15) is 0 Å². The van der Waals surface area contributed by atoms with Gasteiger partial charge in [0.1, 0.15) is 24.8 Å². The molecule has 2 N–H and O–H groups in total. The number of rotatable bonds is 4. The zero-order valence-electron chi connectivity index (χ0n) is 16.9. The van der Waals surface area contributed by atoms with Gasteiger partial charge in [-0.2, -0.15) is 0 Å². The van der Waals surface area contributed by atoms with E-state index in [4.69, 9.17) is 28.0 Å². The van der Waals surface area contributed by atoms with E-state index in [1.165, 1.54) is 18.5 Å². The molecule has 0 unspecified atom stereocenters. The molecule has 0 aliphatic rings. The fourth-order valence-corrected chi connectivity index (χ4v) is 3.21. The number of terminal acetylenes is 1. The molecule has 0 spiro atoms. The maximum absolute atomic E-state index is 13.4. The number of benzene rings is 2. The van der Waals surface area contributed by atoms with Crippen LogP contribution in [-0.4, -0.2) is 28.8 Å². The van der Waals surface area contributed by atoms with E-state index in [0.29, 0.717) is 16.7 Å². The third-order valence-corrected chi connectivity index (χ3v) is 4.85. The average Bonchev–Trinajstić information content (AvgIpc) is 2.84. The van der Waals surface area contributed by atoms with E-state index in [1.807, 2.05) is 31.1 Å². The number of aromatic nitrogens is 3. The van der Waals surface area contributed by atoms with E-state index in [2.05, 4.69) is 38.4 Å². The largest absolute Gasteiger partial charge is 0.386 e. The highest BCUT2D eigenvalue weighted by Crippen LogP contribution is 2.31. The molecule has 0 aliphatic carbocycles. The second-order valence-corrected chi connectivity index (χ2v) is 6.79. The van der Waals surface area contributed by atoms with Crippen molar-refractivity contribution < 1.29 is 9.18 Å². The molecule has 32 heavy (non-hydrogen) atoms. The Morgan fingerprint density at radius 2 is 1.72 bits per heavy atom. The number of pyridine rings is 1. The van der Waals surface area contributed by atoms with Crippen LogP contribution in [0.15, 0.2) is 55.0 Å². The molecule has 4 aromatic rings. The molecule has 0 amide bonds. The number of nitrogens with zero attached hydrogens (tertiary/aromatic N) is 3. The molecule has 0 atom stereocenters. The lowest BCUT2D eigenvalue weighted by molar-refractivity contribution is -0.0979. The van der Waals surface area contributed by atoms with Gasteiger partial charge in [0, 0.05) is 29.9 Å². The summed E-state index contributed by atoms with van der Waals surface area (Å²) in [6, 6.07) is 12.2. The van der Waals surface area contributed by atoms with Crippen LogP contribution in [0, 0.1) is 18.7 Å². The number of carbonyl (C=O) groups is 1. The first-order chi connectivity index (χ1) is 15.5. The van der Waals surface area contributed by atoms with Crippen molar-refractivity contribution in [2.24, 2.45) is 0 Å². The monoisotopic (exact) mass is 469 g/mol. The number of halogens is 3. The lowest BCUT2D eigenvalue weighted by Crippen LogP contribution is -1.97. The van der Waals surface area contributed by atoms with E-state index >= 15 is 0 Å². The van der Waals surface area contributed by atoms with Crippen molar-refractivity contribution >= 4 is 58.1 Å². The Kier molecular flexibility index (Phi) is 8.90. The SMILES string of the molecule is C#C.C=O.CNc1cc(-c2ccc3ncnc(Nc4ccc(F)c(Cl)c4)c3c2)cnc1Cl. The van der Waals surface area contributed by atoms with Gasteiger partial charge in [-0.1, -0.05) is 29.3 Å². The molecule has 0 fully saturated rings. The Morgan fingerprint density at radius 3 is 2.41 bits per heavy atom. The number of hydrogen-bond donors (Lipinski definition) is 2. The summed E-state index contributed by atoms with van der Waals surface area (Å²) in [6.45, 7) is 2.00. The Balaban J connectivity index is 0.000000860. The molecule has 9 heteroatoms. The Labute approximate surface area is 194 Å². The average molecular weight is 470 g/mol. The minimum absolute atomic E-state index is 0.0379. The van der Waals surface area contributed by atoms with Gasteiger partial charge < -0.3 is 15.4 Å². The molecular formula is C23H18Cl2FN5O. The van der Waals surface area contributed by atoms with Gasteiger partial charge in [0.2, 0.25) is 0 Å². The van der Waals surface area contributed by atoms with Crippen molar-refractivity contribution in [2.75, 3.05) is 17.7 Å². The minimum atomic E-state index is -0.474. The molecule has 0 bridgehead atoms. The molecule has 6 nitrogen and oxygen atoms in total. The summed E-state index contributed by atoms with van der Waals surface area (Å²) in [5, 5.41) is 7.45. The van der Waals surface area contributed by atoms with Gasteiger partial charge in [-0.25, -0.2) is 19.3 Å². The van der Waals surface area contributed by atoms with Crippen molar-refractivity contribution in [1.82, 2.24) is 15.0 Å². The summed E-state index contributed by atoms with van der Waals surface area (Å²) in [6.07, 6.45) is 11.2. The topological polar surface area (TPSA) is 79.8 Å². The van der Waals surface area contributed by atoms with Crippen molar-refractivity contribution in [1.29, 1.82) is 0 Å². The highest BCUT2D eigenvalue weighted by molar-refractivity contribution is 6.32. The highest BCUT2D eigenvalue weighted by Gasteiger charge is 2.10. The standard InChI is InChI=1S/C20H14Cl2FN5.C2H2.CH2O/c1-24-18-7-12(9-25-19(18)22)11-2-5-17-14(6-11)20(27-10-26-17)28-13-3-4-16(23)15(21)8-13;2*1-2/h2-10,24H,1H3,(H,26,27,28);1-2H;1H2. The summed E-state index contributed by atoms with van der Waals surface area (Å²) in [5.74, 6) is 0.114. The second kappa shape index (κ2) is 11.6. The maximum atomic E-state index is 13.4. The van der Waals surface area contributed by atoms with Crippen LogP contribution < -0.4 is 10.6 Å². The van der Waals surface area contributed by atoms with Crippen molar-refractivity contribution in [3.8, 4) is 24.0 Å². The van der Waals surface area contributed by atoms with E-state index in [9.17, 15) is 4.39 Å². The highest BCUT2D eigenvalue weighted by atomic mass is 35.5. The van der Waals surface area contributed by atoms with Gasteiger partial charge in [0.05, 0.1) is 16.2 Å². The molecule has 0 aliphatic heterocycles. The normalized spacial score (nSPS) is 9.69. The molecule has 4 rings (SSSR count). The van der Waals surface area contributed by atoms with Crippen molar-refractivity contribution in [3.05, 3.63) is 71.0 Å². The predicted molar refractivity (Wildman–Crippen MR) is 129 cm³/mol. The van der Waals surface area contributed by atoms with Crippen molar-refractivity contribution in [3.63, 3.8) is 0 Å². The molecule has 2 aromatic heterocycles. The van der Waals surface area contributed by atoms with E-state index in [1.54, 1.807) is 19.3 Å². The summed E-state index contributed by atoms with van der Waals surface area (Å²) < 4.78 is 13.4. The van der Waals surface area contributed by atoms with Gasteiger partial charge in [-0.15, -0.1) is 12.8 Å². The lowest BCUT2D eigenvalue weighted by Gasteiger charge is -2.11. The third-order valence-electron chi connectivity index (χ3n) is 4.26. The summed E-state index contributed by atoms with van der Waals surface area (Å²) >= 11 is 12.0. The lowest BCUT2D eigenvalue weighted by atomic mass is 10.0. The minimum Gasteiger partial charge on any atom is -0.386 e. The first-order valence-corrected chi connectivity index (χ1v) is 9.73. The summed E-state index contributed by atoms with van der Waals surface area (Å²) in [7, 11) is 1.79. The molecule has 2 heterocycles. The summed E-state index contributed by atoms with van der Waals surface area (Å²) in [4.78, 5) is 20.9. The van der Waals surface area contributed by atoms with Crippen LogP contribution >= 0.6 is 23.2 Å². The van der Waals surface area contributed by atoms with Gasteiger partial charge >= 0.3 is 0 Å². The number of anilines is 3. The van der Waals surface area contributed by atoms with Gasteiger partial charge in [0.15, 0.2) is 5.15 Å². The van der Waals surface area contributed by atoms with E-state index in [-0.39, 0.29) is 5.02 Å². The van der Waals surface area contributed by atoms with Gasteiger partial charge in [-0.3, -0.25) is 0 Å². The first-order valence-electron chi connectivity index (χ1n) is 8.98. The Bertz CT molecular complexity index is 1250. The van der Waals surface area contributed by atoms with Crippen LogP contribution in [0.3, 0.4) is 0 Å².